The molecule has 1 saturated carbocycles. The Morgan fingerprint density at radius 3 is 2.80 bits per heavy atom. The van der Waals surface area contributed by atoms with Crippen molar-refractivity contribution in [3.8, 4) is 11.5 Å². The number of amides is 1. The lowest BCUT2D eigenvalue weighted by molar-refractivity contribution is -0.122. The molecule has 5 heteroatoms. The Morgan fingerprint density at radius 2 is 2.05 bits per heavy atom. The van der Waals surface area contributed by atoms with Gasteiger partial charge in [-0.05, 0) is 25.0 Å². The van der Waals surface area contributed by atoms with Gasteiger partial charge < -0.3 is 19.5 Å². The zero-order chi connectivity index (χ0) is 14.0. The molecule has 0 aromatic heterocycles. The van der Waals surface area contributed by atoms with Gasteiger partial charge in [-0.2, -0.15) is 0 Å². The highest BCUT2D eigenvalue weighted by Crippen LogP contribution is 2.37. The van der Waals surface area contributed by atoms with E-state index in [-0.39, 0.29) is 18.3 Å². The normalized spacial score (nSPS) is 19.1. The Bertz CT molecular complexity index is 509. The number of hydrogen-bond donors (Lipinski definition) is 1. The summed E-state index contributed by atoms with van der Waals surface area (Å²) in [6, 6.07) is 5.41. The van der Waals surface area contributed by atoms with Crippen molar-refractivity contribution in [3.63, 3.8) is 0 Å². The molecular formula is C15H19NO4. The SMILES string of the molecule is COC1(CC(=O)Nc2ccc3c(c2)OCO3)CCCC1. The minimum Gasteiger partial charge on any atom is -0.454 e. The minimum atomic E-state index is -0.277. The maximum atomic E-state index is 12.2. The number of hydrogen-bond acceptors (Lipinski definition) is 4. The quantitative estimate of drug-likeness (QED) is 0.919. The van der Waals surface area contributed by atoms with Gasteiger partial charge in [0, 0.05) is 18.9 Å². The highest BCUT2D eigenvalue weighted by Gasteiger charge is 2.35. The number of methoxy groups -OCH3 is 1. The van der Waals surface area contributed by atoms with Crippen molar-refractivity contribution < 1.29 is 19.0 Å². The van der Waals surface area contributed by atoms with E-state index in [2.05, 4.69) is 5.32 Å². The van der Waals surface area contributed by atoms with Gasteiger partial charge in [-0.25, -0.2) is 0 Å². The predicted octanol–water partition coefficient (Wildman–Crippen LogP) is 2.70. The molecule has 0 saturated heterocycles. The van der Waals surface area contributed by atoms with Crippen molar-refractivity contribution in [3.05, 3.63) is 18.2 Å². The Labute approximate surface area is 118 Å². The molecule has 3 rings (SSSR count). The van der Waals surface area contributed by atoms with Crippen LogP contribution in [0.3, 0.4) is 0 Å². The summed E-state index contributed by atoms with van der Waals surface area (Å²) in [6.07, 6.45) is 4.57. The van der Waals surface area contributed by atoms with Gasteiger partial charge in [0.25, 0.3) is 0 Å². The molecule has 0 radical (unpaired) electrons. The maximum absolute atomic E-state index is 12.2. The molecule has 2 aliphatic rings. The smallest absolute Gasteiger partial charge is 0.231 e. The molecule has 0 atom stereocenters. The first-order valence-corrected chi connectivity index (χ1v) is 6.95. The number of anilines is 1. The molecule has 0 spiro atoms. The van der Waals surface area contributed by atoms with Gasteiger partial charge in [0.2, 0.25) is 12.7 Å². The largest absolute Gasteiger partial charge is 0.454 e. The Kier molecular flexibility index (Phi) is 3.53. The second kappa shape index (κ2) is 5.32. The van der Waals surface area contributed by atoms with E-state index in [0.717, 1.165) is 31.4 Å². The molecule has 20 heavy (non-hydrogen) atoms. The minimum absolute atomic E-state index is 0.0207. The van der Waals surface area contributed by atoms with Crippen molar-refractivity contribution in [2.45, 2.75) is 37.7 Å². The molecule has 1 aliphatic heterocycles. The summed E-state index contributed by atoms with van der Waals surface area (Å²) in [7, 11) is 1.69. The van der Waals surface area contributed by atoms with Crippen LogP contribution in [0.15, 0.2) is 18.2 Å². The Balaban J connectivity index is 1.64. The number of nitrogens with one attached hydrogen (secondary N) is 1. The van der Waals surface area contributed by atoms with Crippen molar-refractivity contribution in [2.75, 3.05) is 19.2 Å². The molecule has 1 aliphatic carbocycles. The third-order valence-corrected chi connectivity index (χ3v) is 4.09. The van der Waals surface area contributed by atoms with E-state index in [0.29, 0.717) is 17.9 Å². The van der Waals surface area contributed by atoms with Gasteiger partial charge in [0.05, 0.1) is 12.0 Å². The number of fused-ring (bicyclic) bond motifs is 1. The van der Waals surface area contributed by atoms with Crippen LogP contribution in [0, 0.1) is 0 Å². The first-order chi connectivity index (χ1) is 9.71. The number of rotatable bonds is 4. The van der Waals surface area contributed by atoms with E-state index in [1.165, 1.54) is 0 Å². The van der Waals surface area contributed by atoms with Crippen LogP contribution >= 0.6 is 0 Å². The van der Waals surface area contributed by atoms with Gasteiger partial charge in [0.1, 0.15) is 0 Å². The average molecular weight is 277 g/mol. The third-order valence-electron chi connectivity index (χ3n) is 4.09. The van der Waals surface area contributed by atoms with Crippen LogP contribution in [-0.4, -0.2) is 25.4 Å². The van der Waals surface area contributed by atoms with Crippen molar-refractivity contribution in [1.29, 1.82) is 0 Å². The fourth-order valence-corrected chi connectivity index (χ4v) is 2.94. The van der Waals surface area contributed by atoms with Crippen LogP contribution in [0.1, 0.15) is 32.1 Å². The van der Waals surface area contributed by atoms with Crippen LogP contribution < -0.4 is 14.8 Å². The van der Waals surface area contributed by atoms with E-state index < -0.39 is 0 Å². The van der Waals surface area contributed by atoms with E-state index in [1.54, 1.807) is 19.2 Å². The standard InChI is InChI=1S/C15H19NO4/c1-18-15(6-2-3-7-15)9-14(17)16-11-4-5-12-13(8-11)20-10-19-12/h4-5,8H,2-3,6-7,9-10H2,1H3,(H,16,17). The molecule has 1 aromatic rings. The lowest BCUT2D eigenvalue weighted by atomic mass is 9.97. The van der Waals surface area contributed by atoms with Crippen LogP contribution in [0.25, 0.3) is 0 Å². The van der Waals surface area contributed by atoms with Crippen LogP contribution in [0.4, 0.5) is 5.69 Å². The van der Waals surface area contributed by atoms with E-state index in [4.69, 9.17) is 14.2 Å². The molecule has 0 bridgehead atoms. The molecule has 1 amide bonds. The third kappa shape index (κ3) is 2.58. The van der Waals surface area contributed by atoms with Gasteiger partial charge >= 0.3 is 0 Å². The van der Waals surface area contributed by atoms with Crippen LogP contribution in [0.5, 0.6) is 11.5 Å². The molecule has 108 valence electrons. The maximum Gasteiger partial charge on any atom is 0.231 e. The van der Waals surface area contributed by atoms with Gasteiger partial charge in [-0.15, -0.1) is 0 Å². The van der Waals surface area contributed by atoms with E-state index >= 15 is 0 Å². The van der Waals surface area contributed by atoms with Gasteiger partial charge in [-0.1, -0.05) is 12.8 Å². The summed E-state index contributed by atoms with van der Waals surface area (Å²) < 4.78 is 16.1. The number of benzene rings is 1. The first-order valence-electron chi connectivity index (χ1n) is 6.95. The lowest BCUT2D eigenvalue weighted by Crippen LogP contribution is -2.33. The molecular weight excluding hydrogens is 258 g/mol. The average Bonchev–Trinajstić information content (AvgIpc) is 3.07. The Hall–Kier alpha value is -1.75. The highest BCUT2D eigenvalue weighted by molar-refractivity contribution is 5.91. The van der Waals surface area contributed by atoms with Gasteiger partial charge in [0.15, 0.2) is 11.5 Å². The first kappa shape index (κ1) is 13.2. The molecule has 0 unspecified atom stereocenters. The highest BCUT2D eigenvalue weighted by atomic mass is 16.7. The molecule has 1 N–H and O–H groups in total. The fraction of sp³-hybridized carbons (Fsp3) is 0.533. The summed E-state index contributed by atoms with van der Waals surface area (Å²) in [5.41, 5.74) is 0.448. The molecule has 1 heterocycles. The topological polar surface area (TPSA) is 56.8 Å². The van der Waals surface area contributed by atoms with Gasteiger partial charge in [-0.3, -0.25) is 4.79 Å². The van der Waals surface area contributed by atoms with Crippen molar-refractivity contribution >= 4 is 11.6 Å². The van der Waals surface area contributed by atoms with Crippen molar-refractivity contribution in [2.24, 2.45) is 0 Å². The summed E-state index contributed by atoms with van der Waals surface area (Å²) in [5.74, 6) is 1.37. The van der Waals surface area contributed by atoms with E-state index in [1.807, 2.05) is 6.07 Å². The molecule has 1 aromatic carbocycles. The zero-order valence-corrected chi connectivity index (χ0v) is 11.6. The predicted molar refractivity (Wildman–Crippen MR) is 74.0 cm³/mol. The lowest BCUT2D eigenvalue weighted by Gasteiger charge is -2.26. The summed E-state index contributed by atoms with van der Waals surface area (Å²) in [5, 5.41) is 2.90. The van der Waals surface area contributed by atoms with Crippen molar-refractivity contribution in [1.82, 2.24) is 0 Å². The van der Waals surface area contributed by atoms with E-state index in [9.17, 15) is 4.79 Å². The summed E-state index contributed by atoms with van der Waals surface area (Å²) in [4.78, 5) is 12.2. The summed E-state index contributed by atoms with van der Waals surface area (Å²) in [6.45, 7) is 0.236. The molecule has 1 fully saturated rings. The second-order valence-corrected chi connectivity index (χ2v) is 5.39. The number of carbonyl (C=O) groups is 1. The number of ether oxygens (including phenoxy) is 3. The monoisotopic (exact) mass is 277 g/mol. The number of carbonyl (C=O) groups excluding carboxylic acids is 1. The second-order valence-electron chi connectivity index (χ2n) is 5.39. The Morgan fingerprint density at radius 1 is 1.30 bits per heavy atom. The summed E-state index contributed by atoms with van der Waals surface area (Å²) >= 11 is 0. The fourth-order valence-electron chi connectivity index (χ4n) is 2.94. The van der Waals surface area contributed by atoms with Crippen LogP contribution in [0.2, 0.25) is 0 Å². The molecule has 5 nitrogen and oxygen atoms in total. The zero-order valence-electron chi connectivity index (χ0n) is 11.6. The van der Waals surface area contributed by atoms with Crippen LogP contribution in [-0.2, 0) is 9.53 Å².